The molecule has 2 N–H and O–H groups in total. The smallest absolute Gasteiger partial charge is 0.337 e. The van der Waals surface area contributed by atoms with E-state index in [2.05, 4.69) is 10.5 Å². The Kier molecular flexibility index (Phi) is 4.56. The zero-order valence-electron chi connectivity index (χ0n) is 11.8. The van der Waals surface area contributed by atoms with Crippen LogP contribution in [0.2, 0.25) is 0 Å². The van der Waals surface area contributed by atoms with Gasteiger partial charge in [0.25, 0.3) is 0 Å². The average molecular weight is 284 g/mol. The zero-order valence-corrected chi connectivity index (χ0v) is 11.8. The standard InChI is InChI=1S/C16H16N2O3/c1-11(12-6-5-7-13(10-12)21-2)17-18-15-9-4-3-8-14(15)16(19)20/h3-10,18H,1-2H3,(H,19,20)/b17-11+. The van der Waals surface area contributed by atoms with Crippen molar-refractivity contribution in [2.45, 2.75) is 6.92 Å². The van der Waals surface area contributed by atoms with Gasteiger partial charge in [-0.2, -0.15) is 5.10 Å². The summed E-state index contributed by atoms with van der Waals surface area (Å²) in [5.41, 5.74) is 5.06. The van der Waals surface area contributed by atoms with Crippen LogP contribution in [0.15, 0.2) is 53.6 Å². The van der Waals surface area contributed by atoms with Crippen molar-refractivity contribution in [2.75, 3.05) is 12.5 Å². The van der Waals surface area contributed by atoms with Gasteiger partial charge < -0.3 is 9.84 Å². The van der Waals surface area contributed by atoms with Gasteiger partial charge in [-0.3, -0.25) is 5.43 Å². The van der Waals surface area contributed by atoms with Gasteiger partial charge in [-0.25, -0.2) is 4.79 Å². The van der Waals surface area contributed by atoms with Crippen molar-refractivity contribution in [1.29, 1.82) is 0 Å². The van der Waals surface area contributed by atoms with Gasteiger partial charge in [-0.15, -0.1) is 0 Å². The van der Waals surface area contributed by atoms with Crippen LogP contribution in [-0.2, 0) is 0 Å². The van der Waals surface area contributed by atoms with E-state index in [1.807, 2.05) is 31.2 Å². The molecular formula is C16H16N2O3. The number of aromatic carboxylic acids is 1. The summed E-state index contributed by atoms with van der Waals surface area (Å²) in [6, 6.07) is 14.1. The summed E-state index contributed by atoms with van der Waals surface area (Å²) in [6.07, 6.45) is 0. The number of nitrogens with zero attached hydrogens (tertiary/aromatic N) is 1. The fraction of sp³-hybridized carbons (Fsp3) is 0.125. The Morgan fingerprint density at radius 3 is 2.67 bits per heavy atom. The van der Waals surface area contributed by atoms with Gasteiger partial charge in [0.2, 0.25) is 0 Å². The summed E-state index contributed by atoms with van der Waals surface area (Å²) < 4.78 is 5.17. The number of anilines is 1. The largest absolute Gasteiger partial charge is 0.497 e. The number of hydrazone groups is 1. The molecule has 0 heterocycles. The summed E-state index contributed by atoms with van der Waals surface area (Å²) >= 11 is 0. The molecule has 0 bridgehead atoms. The Balaban J connectivity index is 2.22. The van der Waals surface area contributed by atoms with Crippen molar-refractivity contribution in [3.63, 3.8) is 0 Å². The second kappa shape index (κ2) is 6.56. The SMILES string of the molecule is COc1cccc(/C(C)=N/Nc2ccccc2C(=O)O)c1. The van der Waals surface area contributed by atoms with E-state index in [1.54, 1.807) is 25.3 Å². The number of para-hydroxylation sites is 1. The lowest BCUT2D eigenvalue weighted by Gasteiger charge is -2.07. The van der Waals surface area contributed by atoms with Crippen LogP contribution in [0.1, 0.15) is 22.8 Å². The maximum Gasteiger partial charge on any atom is 0.337 e. The minimum Gasteiger partial charge on any atom is -0.497 e. The molecule has 0 aromatic heterocycles. The Morgan fingerprint density at radius 1 is 1.19 bits per heavy atom. The maximum atomic E-state index is 11.1. The summed E-state index contributed by atoms with van der Waals surface area (Å²) in [5, 5.41) is 13.3. The summed E-state index contributed by atoms with van der Waals surface area (Å²) in [4.78, 5) is 11.1. The predicted molar refractivity (Wildman–Crippen MR) is 82.2 cm³/mol. The van der Waals surface area contributed by atoms with Crippen molar-refractivity contribution >= 4 is 17.4 Å². The lowest BCUT2D eigenvalue weighted by molar-refractivity contribution is 0.0698. The Morgan fingerprint density at radius 2 is 1.95 bits per heavy atom. The fourth-order valence-corrected chi connectivity index (χ4v) is 1.82. The quantitative estimate of drug-likeness (QED) is 0.653. The molecule has 0 fully saturated rings. The van der Waals surface area contributed by atoms with Crippen LogP contribution in [0.5, 0.6) is 5.75 Å². The average Bonchev–Trinajstić information content (AvgIpc) is 2.52. The first kappa shape index (κ1) is 14.6. The number of ether oxygens (including phenoxy) is 1. The van der Waals surface area contributed by atoms with E-state index in [4.69, 9.17) is 9.84 Å². The first-order valence-electron chi connectivity index (χ1n) is 6.39. The molecule has 0 aliphatic rings. The first-order chi connectivity index (χ1) is 10.1. The number of methoxy groups -OCH3 is 1. The fourth-order valence-electron chi connectivity index (χ4n) is 1.82. The van der Waals surface area contributed by atoms with E-state index in [0.29, 0.717) is 5.69 Å². The van der Waals surface area contributed by atoms with E-state index in [0.717, 1.165) is 17.0 Å². The number of carboxylic acid groups (broad SMARTS) is 1. The van der Waals surface area contributed by atoms with E-state index in [9.17, 15) is 4.79 Å². The lowest BCUT2D eigenvalue weighted by atomic mass is 10.1. The highest BCUT2D eigenvalue weighted by molar-refractivity contribution is 6.00. The summed E-state index contributed by atoms with van der Waals surface area (Å²) in [5.74, 6) is -0.250. The van der Waals surface area contributed by atoms with Gasteiger partial charge in [-0.05, 0) is 31.2 Å². The summed E-state index contributed by atoms with van der Waals surface area (Å²) in [7, 11) is 1.60. The number of hydrogen-bond acceptors (Lipinski definition) is 4. The van der Waals surface area contributed by atoms with E-state index < -0.39 is 5.97 Å². The number of nitrogens with one attached hydrogen (secondary N) is 1. The van der Waals surface area contributed by atoms with Gasteiger partial charge in [-0.1, -0.05) is 24.3 Å². The van der Waals surface area contributed by atoms with Crippen LogP contribution in [0, 0.1) is 0 Å². The zero-order chi connectivity index (χ0) is 15.2. The highest BCUT2D eigenvalue weighted by Gasteiger charge is 2.08. The molecule has 5 heteroatoms. The molecule has 2 aromatic carbocycles. The number of carboxylic acids is 1. The van der Waals surface area contributed by atoms with E-state index >= 15 is 0 Å². The van der Waals surface area contributed by atoms with Crippen molar-refractivity contribution in [3.05, 3.63) is 59.7 Å². The van der Waals surface area contributed by atoms with Crippen LogP contribution >= 0.6 is 0 Å². The van der Waals surface area contributed by atoms with Crippen LogP contribution in [-0.4, -0.2) is 23.9 Å². The molecular weight excluding hydrogens is 268 g/mol. The lowest BCUT2D eigenvalue weighted by Crippen LogP contribution is -2.04. The number of carbonyl (C=O) groups is 1. The third kappa shape index (κ3) is 3.60. The van der Waals surface area contributed by atoms with Crippen molar-refractivity contribution in [1.82, 2.24) is 0 Å². The molecule has 2 rings (SSSR count). The molecule has 0 unspecified atom stereocenters. The number of benzene rings is 2. The molecule has 108 valence electrons. The molecule has 0 radical (unpaired) electrons. The Bertz CT molecular complexity index is 681. The molecule has 0 amide bonds. The molecule has 2 aromatic rings. The highest BCUT2D eigenvalue weighted by Crippen LogP contribution is 2.16. The van der Waals surface area contributed by atoms with Gasteiger partial charge in [0.1, 0.15) is 5.75 Å². The Hall–Kier alpha value is -2.82. The molecule has 0 aliphatic carbocycles. The van der Waals surface area contributed by atoms with E-state index in [1.165, 1.54) is 6.07 Å². The minimum atomic E-state index is -0.993. The number of rotatable bonds is 5. The van der Waals surface area contributed by atoms with Crippen molar-refractivity contribution in [3.8, 4) is 5.75 Å². The normalized spacial score (nSPS) is 11.0. The van der Waals surface area contributed by atoms with Crippen LogP contribution < -0.4 is 10.2 Å². The minimum absolute atomic E-state index is 0.180. The highest BCUT2D eigenvalue weighted by atomic mass is 16.5. The first-order valence-corrected chi connectivity index (χ1v) is 6.39. The van der Waals surface area contributed by atoms with Gasteiger partial charge >= 0.3 is 5.97 Å². The molecule has 0 spiro atoms. The second-order valence-electron chi connectivity index (χ2n) is 4.39. The van der Waals surface area contributed by atoms with Gasteiger partial charge in [0.15, 0.2) is 0 Å². The Labute approximate surface area is 122 Å². The maximum absolute atomic E-state index is 11.1. The molecule has 0 saturated heterocycles. The molecule has 0 atom stereocenters. The van der Waals surface area contributed by atoms with Crippen molar-refractivity contribution in [2.24, 2.45) is 5.10 Å². The van der Waals surface area contributed by atoms with Gasteiger partial charge in [0, 0.05) is 5.56 Å². The number of hydrogen-bond donors (Lipinski definition) is 2. The molecule has 0 aliphatic heterocycles. The van der Waals surface area contributed by atoms with Crippen LogP contribution in [0.4, 0.5) is 5.69 Å². The monoisotopic (exact) mass is 284 g/mol. The van der Waals surface area contributed by atoms with Gasteiger partial charge in [0.05, 0.1) is 24.1 Å². The second-order valence-corrected chi connectivity index (χ2v) is 4.39. The third-order valence-corrected chi connectivity index (χ3v) is 2.99. The summed E-state index contributed by atoms with van der Waals surface area (Å²) in [6.45, 7) is 1.84. The van der Waals surface area contributed by atoms with Crippen LogP contribution in [0.3, 0.4) is 0 Å². The topological polar surface area (TPSA) is 70.9 Å². The molecule has 5 nitrogen and oxygen atoms in total. The third-order valence-electron chi connectivity index (χ3n) is 2.99. The molecule has 0 saturated carbocycles. The van der Waals surface area contributed by atoms with E-state index in [-0.39, 0.29) is 5.56 Å². The molecule has 21 heavy (non-hydrogen) atoms. The van der Waals surface area contributed by atoms with Crippen molar-refractivity contribution < 1.29 is 14.6 Å². The predicted octanol–water partition coefficient (Wildman–Crippen LogP) is 3.23. The van der Waals surface area contributed by atoms with Crippen LogP contribution in [0.25, 0.3) is 0 Å².